The zero-order valence-corrected chi connectivity index (χ0v) is 81.4. The highest BCUT2D eigenvalue weighted by Gasteiger charge is 2.25. The molecule has 0 spiro atoms. The standard InChI is InChI=1S/C48H30N4S.2C42H26N4S/c1-2-13-31(14-3-1)46-48-45(38-19-4-5-24-44(38)53-48)39-21-12-20-37(47(39)52-46)35-18-11-16-33(28-35)32-15-10-17-34(27-32)36-29-42(40-22-6-8-25-49-40)51-43(30-36)41-23-7-9-26-50-41;1-2-12-27(13-3-1)40-42-39(32-16-4-5-21-38(32)47-42)33-18-11-17-31(41(33)46-40)29-15-10-14-28(24-29)30-25-36(34-19-6-8-22-43-34)45-37(26-30)35-20-7-9-23-44-35;1-2-10-29(11-3-1)41-42-40(33-12-4-5-15-39(33)47-42)32-21-20-30(24-36(32)46-41)27-16-18-28(19-17-27)31-25-37(34-13-6-8-22-43-34)45-38(26-31)35-14-7-9-23-44-35/h1-30H;2*1-26H. The molecule has 688 valence electrons. The number of hydrogen-bond acceptors (Lipinski definition) is 15. The van der Waals surface area contributed by atoms with Crippen molar-refractivity contribution in [2.45, 2.75) is 0 Å². The molecule has 0 aliphatic carbocycles. The normalized spacial score (nSPS) is 11.4. The quantitative estimate of drug-likeness (QED) is 0.0904. The van der Waals surface area contributed by atoms with Gasteiger partial charge < -0.3 is 0 Å². The minimum atomic E-state index is 0.806. The Morgan fingerprint density at radius 3 is 0.735 bits per heavy atom. The Morgan fingerprint density at radius 2 is 0.395 bits per heavy atom. The van der Waals surface area contributed by atoms with E-state index in [1.165, 1.54) is 76.7 Å². The highest BCUT2D eigenvalue weighted by molar-refractivity contribution is 7.27. The van der Waals surface area contributed by atoms with Crippen molar-refractivity contribution >= 4 is 127 Å². The van der Waals surface area contributed by atoms with Crippen LogP contribution in [0.4, 0.5) is 0 Å². The van der Waals surface area contributed by atoms with Gasteiger partial charge in [-0.2, -0.15) is 0 Å². The molecular formula is C132H82N12S3. The summed E-state index contributed by atoms with van der Waals surface area (Å²) in [5, 5.41) is 11.2. The van der Waals surface area contributed by atoms with E-state index in [-0.39, 0.29) is 0 Å². The fraction of sp³-hybridized carbons (Fsp3) is 0. The SMILES string of the molecule is c1ccc(-c2nc3c(-c4cccc(-c5cc(-c6ccccn6)nc(-c6ccccn6)c5)c4)cccc3c3c2sc2ccccc23)cc1.c1ccc(-c2nc3c(-c4cccc(-c5cccc(-c6cc(-c7ccccn7)nc(-c7ccccn7)c6)c5)c4)cccc3c3c2sc2ccccc23)cc1.c1ccc(-c2nc3cc(-c4ccc(-c5cc(-c6ccccn6)nc(-c6ccccn6)c5)cc4)ccc3c3c2sc2ccccc23)cc1. The van der Waals surface area contributed by atoms with E-state index in [1.807, 2.05) is 143 Å². The lowest BCUT2D eigenvalue weighted by molar-refractivity contribution is 1.22. The Hall–Kier alpha value is -18.9. The first-order valence-electron chi connectivity index (χ1n) is 48.7. The summed E-state index contributed by atoms with van der Waals surface area (Å²) in [5.74, 6) is 0. The minimum absolute atomic E-state index is 0.806. The van der Waals surface area contributed by atoms with E-state index in [2.05, 4.69) is 382 Å². The number of rotatable bonds is 16. The van der Waals surface area contributed by atoms with Crippen LogP contribution in [0.1, 0.15) is 0 Å². The van der Waals surface area contributed by atoms with E-state index in [1.54, 1.807) is 37.2 Å². The van der Waals surface area contributed by atoms with Gasteiger partial charge in [-0.25, -0.2) is 29.9 Å². The predicted octanol–water partition coefficient (Wildman–Crippen LogP) is 35.0. The van der Waals surface area contributed by atoms with Gasteiger partial charge in [0.05, 0.1) is 116 Å². The fourth-order valence-electron chi connectivity index (χ4n) is 20.0. The number of thiophene rings is 3. The number of fused-ring (bicyclic) bond motifs is 15. The van der Waals surface area contributed by atoms with Gasteiger partial charge in [0.25, 0.3) is 0 Å². The molecule has 0 radical (unpaired) electrons. The number of nitrogens with zero attached hydrogens (tertiary/aromatic N) is 12. The molecular weight excluding hydrogens is 1850 g/mol. The number of hydrogen-bond donors (Lipinski definition) is 0. The van der Waals surface area contributed by atoms with Crippen molar-refractivity contribution in [3.05, 3.63) is 498 Å². The summed E-state index contributed by atoms with van der Waals surface area (Å²) in [4.78, 5) is 58.6. The average Bonchev–Trinajstić information content (AvgIpc) is 1.60. The van der Waals surface area contributed by atoms with Crippen molar-refractivity contribution in [2.24, 2.45) is 0 Å². The lowest BCUT2D eigenvalue weighted by Crippen LogP contribution is -1.94. The third kappa shape index (κ3) is 17.3. The second-order valence-corrected chi connectivity index (χ2v) is 39.2. The van der Waals surface area contributed by atoms with Gasteiger partial charge >= 0.3 is 0 Å². The Kier molecular flexibility index (Phi) is 23.3. The van der Waals surface area contributed by atoms with E-state index in [0.717, 1.165) is 197 Å². The summed E-state index contributed by atoms with van der Waals surface area (Å²) in [6.45, 7) is 0. The van der Waals surface area contributed by atoms with Crippen molar-refractivity contribution in [3.8, 4) is 180 Å². The van der Waals surface area contributed by atoms with E-state index < -0.39 is 0 Å². The predicted molar refractivity (Wildman–Crippen MR) is 611 cm³/mol. The Balaban J connectivity index is 0.000000112. The first-order chi connectivity index (χ1) is 72.8. The van der Waals surface area contributed by atoms with Crippen molar-refractivity contribution in [1.29, 1.82) is 0 Å². The summed E-state index contributed by atoms with van der Waals surface area (Å²) < 4.78 is 7.50. The molecule has 28 aromatic rings. The van der Waals surface area contributed by atoms with Gasteiger partial charge in [-0.3, -0.25) is 29.9 Å². The van der Waals surface area contributed by atoms with Crippen molar-refractivity contribution < 1.29 is 0 Å². The Labute approximate surface area is 858 Å². The molecule has 0 amide bonds. The summed E-state index contributed by atoms with van der Waals surface area (Å²) in [7, 11) is 0. The smallest absolute Gasteiger partial charge is 0.0900 e. The minimum Gasteiger partial charge on any atom is -0.255 e. The van der Waals surface area contributed by atoms with Gasteiger partial charge in [0.1, 0.15) is 0 Å². The summed E-state index contributed by atoms with van der Waals surface area (Å²) in [6, 6.07) is 161. The number of pyridine rings is 12. The fourth-order valence-corrected chi connectivity index (χ4v) is 23.6. The largest absolute Gasteiger partial charge is 0.255 e. The van der Waals surface area contributed by atoms with Gasteiger partial charge in [-0.15, -0.1) is 34.0 Å². The monoisotopic (exact) mass is 1930 g/mol. The van der Waals surface area contributed by atoms with Crippen LogP contribution in [0.25, 0.3) is 273 Å². The van der Waals surface area contributed by atoms with Gasteiger partial charge in [-0.05, 0) is 218 Å². The molecule has 0 aliphatic rings. The first kappa shape index (κ1) is 88.3. The van der Waals surface area contributed by atoms with Crippen molar-refractivity contribution in [2.75, 3.05) is 0 Å². The van der Waals surface area contributed by atoms with Crippen LogP contribution < -0.4 is 0 Å². The van der Waals surface area contributed by atoms with Crippen LogP contribution in [0, 0.1) is 0 Å². The summed E-state index contributed by atoms with van der Waals surface area (Å²) in [5.41, 5.74) is 34.7. The molecule has 0 bridgehead atoms. The molecule has 15 aromatic heterocycles. The second kappa shape index (κ2) is 38.8. The van der Waals surface area contributed by atoms with Crippen LogP contribution in [-0.4, -0.2) is 59.8 Å². The van der Waals surface area contributed by atoms with Crippen LogP contribution >= 0.6 is 34.0 Å². The Morgan fingerprint density at radius 1 is 0.143 bits per heavy atom. The molecule has 0 saturated carbocycles. The van der Waals surface area contributed by atoms with Gasteiger partial charge in [0, 0.05) is 128 Å². The number of aromatic nitrogens is 12. The molecule has 147 heavy (non-hydrogen) atoms. The van der Waals surface area contributed by atoms with E-state index >= 15 is 0 Å². The summed E-state index contributed by atoms with van der Waals surface area (Å²) >= 11 is 5.47. The highest BCUT2D eigenvalue weighted by atomic mass is 32.1. The third-order valence-electron chi connectivity index (χ3n) is 26.9. The van der Waals surface area contributed by atoms with Crippen LogP contribution in [0.15, 0.2) is 498 Å². The lowest BCUT2D eigenvalue weighted by atomic mass is 9.94. The Bertz CT molecular complexity index is 9660. The maximum Gasteiger partial charge on any atom is 0.0900 e. The number of para-hydroxylation sites is 2. The molecule has 15 heterocycles. The lowest BCUT2D eigenvalue weighted by Gasteiger charge is -2.13. The molecule has 0 N–H and O–H groups in total. The summed E-state index contributed by atoms with van der Waals surface area (Å²) in [6.07, 6.45) is 10.8. The molecule has 15 heteroatoms. The highest BCUT2D eigenvalue weighted by Crippen LogP contribution is 2.50. The van der Waals surface area contributed by atoms with Gasteiger partial charge in [0.15, 0.2) is 0 Å². The average molecular weight is 1930 g/mol. The molecule has 13 aromatic carbocycles. The topological polar surface area (TPSA) is 155 Å². The second-order valence-electron chi connectivity index (χ2n) is 36.0. The zero-order valence-electron chi connectivity index (χ0n) is 78.9. The molecule has 0 unspecified atom stereocenters. The van der Waals surface area contributed by atoms with Crippen LogP contribution in [-0.2, 0) is 0 Å². The van der Waals surface area contributed by atoms with E-state index in [9.17, 15) is 0 Å². The first-order valence-corrected chi connectivity index (χ1v) is 51.2. The van der Waals surface area contributed by atoms with Crippen molar-refractivity contribution in [3.63, 3.8) is 0 Å². The molecule has 0 fully saturated rings. The van der Waals surface area contributed by atoms with Crippen LogP contribution in [0.2, 0.25) is 0 Å². The van der Waals surface area contributed by atoms with Gasteiger partial charge in [-0.1, -0.05) is 309 Å². The van der Waals surface area contributed by atoms with Crippen molar-refractivity contribution in [1.82, 2.24) is 59.8 Å². The zero-order chi connectivity index (χ0) is 97.5. The van der Waals surface area contributed by atoms with Crippen LogP contribution in [0.3, 0.4) is 0 Å². The molecule has 0 saturated heterocycles. The van der Waals surface area contributed by atoms with E-state index in [0.29, 0.717) is 0 Å². The maximum absolute atomic E-state index is 5.46. The molecule has 12 nitrogen and oxygen atoms in total. The molecule has 0 atom stereocenters. The number of benzene rings is 13. The maximum atomic E-state index is 5.46. The van der Waals surface area contributed by atoms with Gasteiger partial charge in [0.2, 0.25) is 0 Å². The molecule has 28 rings (SSSR count). The molecule has 0 aliphatic heterocycles. The van der Waals surface area contributed by atoms with Crippen LogP contribution in [0.5, 0.6) is 0 Å². The van der Waals surface area contributed by atoms with E-state index in [4.69, 9.17) is 29.9 Å². The third-order valence-corrected chi connectivity index (χ3v) is 30.5.